The molecule has 0 spiro atoms. The highest BCUT2D eigenvalue weighted by Gasteiger charge is 2.22. The fraction of sp³-hybridized carbons (Fsp3) is 0.500. The van der Waals surface area contributed by atoms with Crippen LogP contribution in [-0.4, -0.2) is 24.0 Å². The predicted molar refractivity (Wildman–Crippen MR) is 68.8 cm³/mol. The molecule has 94 valence electrons. The number of Topliss-reactive ketones (excluding diaryl/α,β-unsaturated/α-hetero) is 1. The molecule has 0 heterocycles. The molecule has 1 aromatic rings. The maximum Gasteiger partial charge on any atom is 0.140 e. The van der Waals surface area contributed by atoms with Gasteiger partial charge in [0, 0.05) is 18.9 Å². The van der Waals surface area contributed by atoms with Gasteiger partial charge in [-0.25, -0.2) is 0 Å². The van der Waals surface area contributed by atoms with Crippen molar-refractivity contribution in [3.05, 3.63) is 35.9 Å². The Morgan fingerprint density at radius 2 is 1.88 bits per heavy atom. The van der Waals surface area contributed by atoms with Gasteiger partial charge in [0.25, 0.3) is 0 Å². The van der Waals surface area contributed by atoms with Crippen molar-refractivity contribution in [2.45, 2.75) is 31.6 Å². The predicted octanol–water partition coefficient (Wildman–Crippen LogP) is 1.85. The summed E-state index contributed by atoms with van der Waals surface area (Å²) in [6, 6.07) is 10.1. The van der Waals surface area contributed by atoms with Crippen molar-refractivity contribution in [2.24, 2.45) is 5.73 Å². The standard InChI is InChI=1S/C12H14O.C2H7NO/c13-12-9-5-4-8-11(12)10-6-2-1-3-7-10;3-1-2-4/h1-3,6-7,11H,4-5,8-9H2;4H,1-3H2. The summed E-state index contributed by atoms with van der Waals surface area (Å²) >= 11 is 0. The molecule has 0 aromatic heterocycles. The van der Waals surface area contributed by atoms with Crippen molar-refractivity contribution in [1.82, 2.24) is 0 Å². The molecule has 1 atom stereocenters. The largest absolute Gasteiger partial charge is 0.395 e. The topological polar surface area (TPSA) is 63.3 Å². The third kappa shape index (κ3) is 4.67. The van der Waals surface area contributed by atoms with E-state index in [0.717, 1.165) is 19.3 Å². The van der Waals surface area contributed by atoms with E-state index < -0.39 is 0 Å². The van der Waals surface area contributed by atoms with E-state index in [1.165, 1.54) is 12.0 Å². The minimum atomic E-state index is 0.0972. The molecule has 0 saturated heterocycles. The highest BCUT2D eigenvalue weighted by molar-refractivity contribution is 5.86. The molecular weight excluding hydrogens is 214 g/mol. The van der Waals surface area contributed by atoms with Crippen molar-refractivity contribution < 1.29 is 9.90 Å². The minimum Gasteiger partial charge on any atom is -0.395 e. The number of rotatable bonds is 2. The van der Waals surface area contributed by atoms with E-state index in [1.807, 2.05) is 18.2 Å². The Bertz CT molecular complexity index is 322. The summed E-state index contributed by atoms with van der Waals surface area (Å²) in [6.45, 7) is 0.472. The van der Waals surface area contributed by atoms with Crippen LogP contribution in [0.15, 0.2) is 30.3 Å². The summed E-state index contributed by atoms with van der Waals surface area (Å²) in [7, 11) is 0. The molecule has 2 rings (SSSR count). The Kier molecular flexibility index (Phi) is 6.51. The molecule has 0 amide bonds. The van der Waals surface area contributed by atoms with E-state index in [4.69, 9.17) is 10.8 Å². The minimum absolute atomic E-state index is 0.0972. The van der Waals surface area contributed by atoms with Gasteiger partial charge in [-0.05, 0) is 18.4 Å². The molecule has 1 saturated carbocycles. The highest BCUT2D eigenvalue weighted by Crippen LogP contribution is 2.29. The van der Waals surface area contributed by atoms with Crippen molar-refractivity contribution in [1.29, 1.82) is 0 Å². The van der Waals surface area contributed by atoms with Gasteiger partial charge in [-0.3, -0.25) is 4.79 Å². The van der Waals surface area contributed by atoms with Gasteiger partial charge in [-0.15, -0.1) is 0 Å². The number of aliphatic hydroxyl groups is 1. The van der Waals surface area contributed by atoms with Gasteiger partial charge in [0.05, 0.1) is 6.61 Å². The Labute approximate surface area is 103 Å². The maximum absolute atomic E-state index is 11.6. The van der Waals surface area contributed by atoms with E-state index in [0.29, 0.717) is 12.3 Å². The number of aliphatic hydroxyl groups excluding tert-OH is 1. The van der Waals surface area contributed by atoms with Crippen LogP contribution in [0.25, 0.3) is 0 Å². The molecule has 0 bridgehead atoms. The van der Waals surface area contributed by atoms with Crippen LogP contribution in [-0.2, 0) is 4.79 Å². The number of carbonyl (C=O) groups excluding carboxylic acids is 1. The smallest absolute Gasteiger partial charge is 0.140 e. The first-order valence-electron chi connectivity index (χ1n) is 6.18. The average molecular weight is 235 g/mol. The molecule has 1 aromatic carbocycles. The quantitative estimate of drug-likeness (QED) is 0.822. The lowest BCUT2D eigenvalue weighted by molar-refractivity contribution is -0.121. The first-order valence-corrected chi connectivity index (χ1v) is 6.18. The number of carbonyl (C=O) groups is 1. The first kappa shape index (κ1) is 13.9. The third-order valence-corrected chi connectivity index (χ3v) is 2.89. The molecule has 3 nitrogen and oxygen atoms in total. The number of ketones is 1. The summed E-state index contributed by atoms with van der Waals surface area (Å²) < 4.78 is 0. The van der Waals surface area contributed by atoms with Gasteiger partial charge in [0.2, 0.25) is 0 Å². The Morgan fingerprint density at radius 1 is 1.24 bits per heavy atom. The van der Waals surface area contributed by atoms with E-state index in [-0.39, 0.29) is 12.5 Å². The first-order chi connectivity index (χ1) is 8.29. The lowest BCUT2D eigenvalue weighted by Gasteiger charge is -2.20. The molecule has 1 aliphatic rings. The number of hydrogen-bond acceptors (Lipinski definition) is 3. The summed E-state index contributed by atoms with van der Waals surface area (Å²) in [4.78, 5) is 11.6. The fourth-order valence-corrected chi connectivity index (χ4v) is 2.02. The second kappa shape index (κ2) is 7.98. The van der Waals surface area contributed by atoms with Crippen molar-refractivity contribution in [2.75, 3.05) is 13.2 Å². The van der Waals surface area contributed by atoms with Crippen LogP contribution in [0.3, 0.4) is 0 Å². The summed E-state index contributed by atoms with van der Waals surface area (Å²) in [5.74, 6) is 0.618. The number of hydrogen-bond donors (Lipinski definition) is 2. The second-order valence-electron chi connectivity index (χ2n) is 4.19. The Morgan fingerprint density at radius 3 is 2.41 bits per heavy atom. The molecular formula is C14H21NO2. The normalized spacial score (nSPS) is 19.4. The maximum atomic E-state index is 11.6. The van der Waals surface area contributed by atoms with Gasteiger partial charge < -0.3 is 10.8 Å². The van der Waals surface area contributed by atoms with Crippen LogP contribution >= 0.6 is 0 Å². The van der Waals surface area contributed by atoms with E-state index in [1.54, 1.807) is 0 Å². The molecule has 17 heavy (non-hydrogen) atoms. The molecule has 3 heteroatoms. The molecule has 3 N–H and O–H groups in total. The van der Waals surface area contributed by atoms with Crippen molar-refractivity contribution >= 4 is 5.78 Å². The SMILES string of the molecule is NCCO.O=C1CCCCC1c1ccccc1. The summed E-state index contributed by atoms with van der Waals surface area (Å²) in [5, 5.41) is 7.75. The van der Waals surface area contributed by atoms with Crippen LogP contribution < -0.4 is 5.73 Å². The lowest BCUT2D eigenvalue weighted by atomic mass is 9.83. The molecule has 1 fully saturated rings. The molecule has 0 radical (unpaired) electrons. The number of benzene rings is 1. The van der Waals surface area contributed by atoms with Crippen LogP contribution in [0.2, 0.25) is 0 Å². The average Bonchev–Trinajstić information content (AvgIpc) is 2.41. The van der Waals surface area contributed by atoms with Gasteiger partial charge in [-0.1, -0.05) is 36.8 Å². The van der Waals surface area contributed by atoms with Gasteiger partial charge >= 0.3 is 0 Å². The zero-order valence-corrected chi connectivity index (χ0v) is 10.1. The van der Waals surface area contributed by atoms with Gasteiger partial charge in [-0.2, -0.15) is 0 Å². The van der Waals surface area contributed by atoms with Gasteiger partial charge in [0.15, 0.2) is 0 Å². The Hall–Kier alpha value is -1.19. The summed E-state index contributed by atoms with van der Waals surface area (Å²) in [5.41, 5.74) is 5.98. The number of nitrogens with two attached hydrogens (primary N) is 1. The zero-order chi connectivity index (χ0) is 12.5. The van der Waals surface area contributed by atoms with E-state index in [9.17, 15) is 4.79 Å². The highest BCUT2D eigenvalue weighted by atomic mass is 16.3. The second-order valence-corrected chi connectivity index (χ2v) is 4.19. The van der Waals surface area contributed by atoms with Crippen LogP contribution in [0.1, 0.15) is 37.2 Å². The van der Waals surface area contributed by atoms with Crippen molar-refractivity contribution in [3.63, 3.8) is 0 Å². The Balaban J connectivity index is 0.000000317. The third-order valence-electron chi connectivity index (χ3n) is 2.89. The zero-order valence-electron chi connectivity index (χ0n) is 10.1. The molecule has 0 aliphatic heterocycles. The summed E-state index contributed by atoms with van der Waals surface area (Å²) in [6.07, 6.45) is 4.11. The van der Waals surface area contributed by atoms with Gasteiger partial charge in [0.1, 0.15) is 5.78 Å². The molecule has 1 unspecified atom stereocenters. The van der Waals surface area contributed by atoms with E-state index >= 15 is 0 Å². The molecule has 1 aliphatic carbocycles. The fourth-order valence-electron chi connectivity index (χ4n) is 2.02. The lowest BCUT2D eigenvalue weighted by Crippen LogP contribution is -2.16. The van der Waals surface area contributed by atoms with Crippen LogP contribution in [0.4, 0.5) is 0 Å². The van der Waals surface area contributed by atoms with Crippen molar-refractivity contribution in [3.8, 4) is 0 Å². The monoisotopic (exact) mass is 235 g/mol. The van der Waals surface area contributed by atoms with E-state index in [2.05, 4.69) is 12.1 Å². The van der Waals surface area contributed by atoms with Crippen LogP contribution in [0.5, 0.6) is 0 Å². The van der Waals surface area contributed by atoms with Crippen LogP contribution in [0, 0.1) is 0 Å².